The molecule has 2 atom stereocenters. The minimum atomic E-state index is -4.21. The number of carbonyl (C=O) groups is 3. The third kappa shape index (κ3) is 6.67. The van der Waals surface area contributed by atoms with Gasteiger partial charge in [-0.15, -0.1) is 0 Å². The Morgan fingerprint density at radius 3 is 2.64 bits per heavy atom. The molecule has 2 rings (SSSR count). The largest absolute Gasteiger partial charge is 0.513 e. The molecule has 0 fully saturated rings. The van der Waals surface area contributed by atoms with Gasteiger partial charge in [-0.2, -0.15) is 0 Å². The fraction of sp³-hybridized carbons (Fsp3) is 0.476. The summed E-state index contributed by atoms with van der Waals surface area (Å²) in [7, 11) is -3.06. The van der Waals surface area contributed by atoms with E-state index in [0.717, 1.165) is 19.2 Å². The van der Waals surface area contributed by atoms with Crippen LogP contribution in [0.15, 0.2) is 24.0 Å². The first-order valence-electron chi connectivity index (χ1n) is 10.2. The molecular weight excluding hydrogens is 481 g/mol. The third-order valence-electron chi connectivity index (χ3n) is 4.91. The molecule has 12 heteroatoms. The average Bonchev–Trinajstić information content (AvgIpc) is 2.76. The highest BCUT2D eigenvalue weighted by atomic mass is 35.5. The van der Waals surface area contributed by atoms with Gasteiger partial charge in [0, 0.05) is 5.92 Å². The number of allylic oxidation sites excluding steroid dienone is 1. The lowest BCUT2D eigenvalue weighted by molar-refractivity contribution is -0.141. The van der Waals surface area contributed by atoms with Crippen molar-refractivity contribution in [1.29, 1.82) is 0 Å². The molecule has 1 aromatic rings. The molecule has 9 nitrogen and oxygen atoms in total. The van der Waals surface area contributed by atoms with Crippen LogP contribution in [0.25, 0.3) is 0 Å². The van der Waals surface area contributed by atoms with Crippen LogP contribution in [0.1, 0.15) is 49.9 Å². The number of methoxy groups -OCH3 is 1. The number of esters is 1. The normalized spacial score (nSPS) is 16.9. The molecule has 0 saturated heterocycles. The minimum absolute atomic E-state index is 0.0537. The molecule has 33 heavy (non-hydrogen) atoms. The number of sulfonamides is 1. The number of carbonyl (C=O) groups excluding carboxylic acids is 3. The first kappa shape index (κ1) is 26.6. The zero-order valence-corrected chi connectivity index (χ0v) is 19.9. The Morgan fingerprint density at radius 1 is 1.30 bits per heavy atom. The number of benzene rings is 1. The van der Waals surface area contributed by atoms with Gasteiger partial charge in [-0.3, -0.25) is 14.3 Å². The molecule has 0 heterocycles. The molecule has 1 aliphatic carbocycles. The summed E-state index contributed by atoms with van der Waals surface area (Å²) in [5.41, 5.74) is -0.775. The van der Waals surface area contributed by atoms with Gasteiger partial charge in [0.05, 0.1) is 36.4 Å². The van der Waals surface area contributed by atoms with Crippen molar-refractivity contribution < 1.29 is 41.4 Å². The predicted molar refractivity (Wildman–Crippen MR) is 118 cm³/mol. The summed E-state index contributed by atoms with van der Waals surface area (Å²) < 4.78 is 57.1. The topological polar surface area (TPSA) is 125 Å². The highest BCUT2D eigenvalue weighted by Gasteiger charge is 2.35. The Morgan fingerprint density at radius 2 is 2.00 bits per heavy atom. The van der Waals surface area contributed by atoms with Crippen LogP contribution in [0.2, 0.25) is 5.02 Å². The van der Waals surface area contributed by atoms with Crippen LogP contribution in [0.3, 0.4) is 0 Å². The van der Waals surface area contributed by atoms with Gasteiger partial charge in [-0.1, -0.05) is 18.5 Å². The molecule has 1 aliphatic rings. The van der Waals surface area contributed by atoms with E-state index in [-0.39, 0.29) is 30.9 Å². The first-order valence-corrected chi connectivity index (χ1v) is 12.1. The lowest BCUT2D eigenvalue weighted by Gasteiger charge is -2.24. The minimum Gasteiger partial charge on any atom is -0.469 e. The molecule has 182 valence electrons. The zero-order valence-electron chi connectivity index (χ0n) is 18.4. The second kappa shape index (κ2) is 11.5. The lowest BCUT2D eigenvalue weighted by Crippen LogP contribution is -2.33. The second-order valence-corrected chi connectivity index (χ2v) is 9.53. The Labute approximate surface area is 196 Å². The number of ether oxygens (including phenoxy) is 3. The summed E-state index contributed by atoms with van der Waals surface area (Å²) >= 11 is 6.21. The number of Topliss-reactive ketones (excluding diaryl/α,β-unsaturated/α-hetero) is 1. The number of hydrogen-bond acceptors (Lipinski definition) is 8. The molecule has 0 aromatic heterocycles. The van der Waals surface area contributed by atoms with Crippen molar-refractivity contribution in [3.05, 3.63) is 40.4 Å². The van der Waals surface area contributed by atoms with E-state index in [1.54, 1.807) is 6.92 Å². The van der Waals surface area contributed by atoms with Crippen molar-refractivity contribution in [3.8, 4) is 0 Å². The Balaban J connectivity index is 2.32. The van der Waals surface area contributed by atoms with E-state index in [0.29, 0.717) is 12.8 Å². The van der Waals surface area contributed by atoms with Crippen molar-refractivity contribution in [2.45, 2.75) is 44.8 Å². The van der Waals surface area contributed by atoms with E-state index in [1.807, 2.05) is 0 Å². The third-order valence-corrected chi connectivity index (χ3v) is 7.02. The summed E-state index contributed by atoms with van der Waals surface area (Å²) in [4.78, 5) is 35.8. The van der Waals surface area contributed by atoms with Gasteiger partial charge in [0.15, 0.2) is 5.78 Å². The van der Waals surface area contributed by atoms with Crippen molar-refractivity contribution in [2.75, 3.05) is 18.4 Å². The molecule has 0 saturated carbocycles. The lowest BCUT2D eigenvalue weighted by atomic mass is 9.95. The van der Waals surface area contributed by atoms with Gasteiger partial charge in [0.1, 0.15) is 16.8 Å². The Hall–Kier alpha value is -2.66. The quantitative estimate of drug-likeness (QED) is 0.390. The van der Waals surface area contributed by atoms with Crippen LogP contribution in [-0.4, -0.2) is 45.3 Å². The average molecular weight is 506 g/mol. The number of nitrogens with one attached hydrogen (secondary N) is 1. The van der Waals surface area contributed by atoms with Gasteiger partial charge >= 0.3 is 12.1 Å². The fourth-order valence-corrected chi connectivity index (χ4v) is 5.13. The number of halogens is 2. The fourth-order valence-electron chi connectivity index (χ4n) is 3.23. The van der Waals surface area contributed by atoms with Gasteiger partial charge < -0.3 is 14.2 Å². The van der Waals surface area contributed by atoms with Crippen LogP contribution in [0.4, 0.5) is 14.9 Å². The van der Waals surface area contributed by atoms with Gasteiger partial charge in [0.25, 0.3) is 0 Å². The molecule has 0 spiro atoms. The van der Waals surface area contributed by atoms with E-state index in [1.165, 1.54) is 13.0 Å². The number of rotatable bonds is 9. The van der Waals surface area contributed by atoms with Crippen molar-refractivity contribution in [1.82, 2.24) is 0 Å². The molecular formula is C21H25ClFNO8S. The zero-order chi connectivity index (χ0) is 24.8. The van der Waals surface area contributed by atoms with E-state index in [2.05, 4.69) is 9.46 Å². The van der Waals surface area contributed by atoms with Crippen LogP contribution >= 0.6 is 11.6 Å². The highest BCUT2D eigenvalue weighted by Crippen LogP contribution is 2.34. The molecule has 0 amide bonds. The van der Waals surface area contributed by atoms with Crippen molar-refractivity contribution >= 4 is 45.2 Å². The maximum atomic E-state index is 14.4. The Bertz CT molecular complexity index is 1060. The van der Waals surface area contributed by atoms with E-state index in [4.69, 9.17) is 21.1 Å². The molecule has 0 bridgehead atoms. The van der Waals surface area contributed by atoms with Gasteiger partial charge in [-0.25, -0.2) is 17.6 Å². The van der Waals surface area contributed by atoms with Gasteiger partial charge in [0.2, 0.25) is 10.0 Å². The van der Waals surface area contributed by atoms with Crippen LogP contribution < -0.4 is 4.72 Å². The molecule has 0 radical (unpaired) electrons. The van der Waals surface area contributed by atoms with E-state index in [9.17, 15) is 27.2 Å². The molecule has 1 unspecified atom stereocenters. The maximum Gasteiger partial charge on any atom is 0.513 e. The summed E-state index contributed by atoms with van der Waals surface area (Å²) in [6.07, 6.45) is 1.34. The monoisotopic (exact) mass is 505 g/mol. The van der Waals surface area contributed by atoms with Gasteiger partial charge in [-0.05, 0) is 44.4 Å². The number of hydrogen-bond donors (Lipinski definition) is 1. The van der Waals surface area contributed by atoms with E-state index < -0.39 is 55.5 Å². The van der Waals surface area contributed by atoms with E-state index >= 15 is 0 Å². The summed E-state index contributed by atoms with van der Waals surface area (Å²) in [5, 5.41) is -1.68. The maximum absolute atomic E-state index is 14.4. The molecule has 1 aromatic carbocycles. The standard InChI is InChI=1S/C21H25ClFNO8S/c1-4-31-21(27)32-15-7-5-6-8-16(15)33(28,29)24-14-10-9-13(23)18(19(14)22)20(26)12(2)11-17(25)30-3/h7,9-10,12,16,24H,4-6,8,11H2,1-3H3/t12?,16-/m1/s1. The number of ketones is 1. The van der Waals surface area contributed by atoms with Crippen LogP contribution in [0, 0.1) is 11.7 Å². The first-order chi connectivity index (χ1) is 15.5. The summed E-state index contributed by atoms with van der Waals surface area (Å²) in [5.74, 6) is -3.46. The molecule has 0 aliphatic heterocycles. The SMILES string of the molecule is CCOC(=O)OC1=CCCC[C@H]1S(=O)(=O)Nc1ccc(F)c(C(=O)C(C)CC(=O)OC)c1Cl. The van der Waals surface area contributed by atoms with Crippen molar-refractivity contribution in [3.63, 3.8) is 0 Å². The van der Waals surface area contributed by atoms with Crippen LogP contribution in [0.5, 0.6) is 0 Å². The van der Waals surface area contributed by atoms with Crippen LogP contribution in [-0.2, 0) is 29.0 Å². The Kier molecular flexibility index (Phi) is 9.24. The number of anilines is 1. The second-order valence-electron chi connectivity index (χ2n) is 7.29. The summed E-state index contributed by atoms with van der Waals surface area (Å²) in [6.45, 7) is 3.03. The summed E-state index contributed by atoms with van der Waals surface area (Å²) in [6, 6.07) is 1.98. The smallest absolute Gasteiger partial charge is 0.469 e. The predicted octanol–water partition coefficient (Wildman–Crippen LogP) is 4.21. The highest BCUT2D eigenvalue weighted by molar-refractivity contribution is 7.93. The van der Waals surface area contributed by atoms with Crippen molar-refractivity contribution in [2.24, 2.45) is 5.92 Å². The molecule has 1 N–H and O–H groups in total.